The van der Waals surface area contributed by atoms with Crippen LogP contribution in [0.1, 0.15) is 40.5 Å². The quantitative estimate of drug-likeness (QED) is 0.0606. The minimum absolute atomic E-state index is 0.272. The van der Waals surface area contributed by atoms with Gasteiger partial charge in [0.15, 0.2) is 50.3 Å². The van der Waals surface area contributed by atoms with Crippen LogP contribution in [0.5, 0.6) is 0 Å². The molecule has 38 atom stereocenters. The first kappa shape index (κ1) is 67.5. The van der Waals surface area contributed by atoms with Crippen molar-refractivity contribution in [2.24, 2.45) is 0 Å². The maximum Gasteiger partial charge on any atom is 0.187 e. The third kappa shape index (κ3) is 14.3. The summed E-state index contributed by atoms with van der Waals surface area (Å²) in [7, 11) is 0. The summed E-state index contributed by atoms with van der Waals surface area (Å²) in [6.45, 7) is 1.72. The Labute approximate surface area is 472 Å². The van der Waals surface area contributed by atoms with Crippen molar-refractivity contribution >= 4 is 0 Å². The van der Waals surface area contributed by atoms with Crippen molar-refractivity contribution in [1.82, 2.24) is 0 Å². The Morgan fingerprint density at radius 2 is 0.566 bits per heavy atom. The molecule has 0 amide bonds. The predicted molar refractivity (Wildman–Crippen MR) is 256 cm³/mol. The van der Waals surface area contributed by atoms with Crippen LogP contribution in [0.2, 0.25) is 0 Å². The molecule has 0 aromatic carbocycles. The van der Waals surface area contributed by atoms with Crippen molar-refractivity contribution in [3.05, 3.63) is 0 Å². The minimum Gasteiger partial charge on any atom is -0.394 e. The summed E-state index contributed by atoms with van der Waals surface area (Å²) in [4.78, 5) is 0. The topological polar surface area (TPSA) is 543 Å². The van der Waals surface area contributed by atoms with Gasteiger partial charge in [-0.05, 0) is 27.7 Å². The maximum absolute atomic E-state index is 11.8. The van der Waals surface area contributed by atoms with E-state index in [-0.39, 0.29) is 12.8 Å². The molecule has 0 aromatic heterocycles. The molecule has 8 aliphatic heterocycles. The molecular weight excluding hydrogens is 1140 g/mol. The van der Waals surface area contributed by atoms with E-state index in [1.165, 1.54) is 27.7 Å². The monoisotopic (exact) mass is 1220 g/mol. The molecule has 484 valence electrons. The lowest BCUT2D eigenvalue weighted by atomic mass is 9.95. The molecule has 0 spiro atoms. The highest BCUT2D eigenvalue weighted by molar-refractivity contribution is 5.01. The molecule has 8 fully saturated rings. The average molecular weight is 1220 g/mol. The van der Waals surface area contributed by atoms with Gasteiger partial charge >= 0.3 is 0 Å². The Hall–Kier alpha value is -1.40. The van der Waals surface area contributed by atoms with Gasteiger partial charge in [-0.1, -0.05) is 0 Å². The molecule has 0 aliphatic carbocycles. The van der Waals surface area contributed by atoms with Gasteiger partial charge in [-0.2, -0.15) is 0 Å². The first-order chi connectivity index (χ1) is 39.2. The fraction of sp³-hybridized carbons (Fsp3) is 1.00. The van der Waals surface area contributed by atoms with Crippen molar-refractivity contribution in [2.75, 3.05) is 26.4 Å². The van der Waals surface area contributed by atoms with E-state index in [9.17, 15) is 102 Å². The molecule has 35 nitrogen and oxygen atoms in total. The van der Waals surface area contributed by atoms with Gasteiger partial charge in [0, 0.05) is 12.8 Å². The van der Waals surface area contributed by atoms with Crippen LogP contribution in [-0.2, 0) is 71.1 Å². The van der Waals surface area contributed by atoms with E-state index < -0.39 is 260 Å². The van der Waals surface area contributed by atoms with Gasteiger partial charge in [-0.25, -0.2) is 0 Å². The van der Waals surface area contributed by atoms with E-state index in [2.05, 4.69) is 0 Å². The first-order valence-corrected chi connectivity index (χ1v) is 27.4. The molecule has 0 radical (unpaired) electrons. The Morgan fingerprint density at radius 1 is 0.253 bits per heavy atom. The van der Waals surface area contributed by atoms with Crippen molar-refractivity contribution < 1.29 is 173 Å². The highest BCUT2D eigenvalue weighted by Gasteiger charge is 2.59. The van der Waals surface area contributed by atoms with Crippen LogP contribution < -0.4 is 0 Å². The fourth-order valence-electron chi connectivity index (χ4n) is 11.1. The van der Waals surface area contributed by atoms with Crippen LogP contribution in [0.15, 0.2) is 0 Å². The summed E-state index contributed by atoms with van der Waals surface area (Å²) in [5.74, 6) is 0. The van der Waals surface area contributed by atoms with Gasteiger partial charge in [0.25, 0.3) is 0 Å². The molecule has 8 rings (SSSR count). The van der Waals surface area contributed by atoms with Crippen LogP contribution in [-0.4, -0.2) is 362 Å². The lowest BCUT2D eigenvalue weighted by molar-refractivity contribution is -0.412. The second kappa shape index (κ2) is 28.6. The molecule has 83 heavy (non-hydrogen) atoms. The Morgan fingerprint density at radius 3 is 1.01 bits per heavy atom. The molecule has 0 saturated carbocycles. The van der Waals surface area contributed by atoms with Gasteiger partial charge in [-0.15, -0.1) is 0 Å². The molecular formula is C48H82O35. The van der Waals surface area contributed by atoms with Crippen LogP contribution in [0.25, 0.3) is 0 Å². The first-order valence-electron chi connectivity index (χ1n) is 27.4. The SMILES string of the molecule is C[C@@H]1OC(O)[C@H](O)[C@H](O)[C@H]1O[C@H]1O[C@H](CO)[C@@H](O)[C@H](O[C@H]2O[C@H](C)[C@H](O)C[C@H]2O)[C@@H]1O[C@@H]1O[C@H](CO)[C@H](O[C@@H]2O[C@@H](C)[C@H](O[C@H]3O[C@H](CO)[C@@H](O)[C@H](O[C@H]4O[C@H](C)[C@H](O)C[C@H]4O)[C@@H]3O[C@@H]3O[C@H](CO)[C@H](O)[C@H](O)[C@H]3O)[C@@H](O)[C@H]2O)[C@H](O)[C@H]1O. The standard InChI is InChI=1S/C48H82O35/c1-11-15(53)5-17(55)42(70-11)80-37-24(58)21(9-51)75-48(39(37)82-45-31(65)26(60)23(57)19(7-49)73-45)78-35-14(4)72-44(32(66)28(35)62)79-36-22(10-52)76-46(33(67)29(36)63)83-40-38(81-43-18(56)6-16(54)12(2)71-43)25(59)20(8-50)74-47(40)77-34-13(3)69-41(68)30(64)27(34)61/h11-68H,5-10H2,1-4H3/t11-,12-,13+,14+,15-,16-,17-,18-,19-,20-,21-,22-,23+,24-,25-,26+,27+,28+,29-,30-,31-,32-,33-,34+,35+,36+,37+,38+,39+,40+,41?,42-,43-,44+,45+,46+,47-,48-/m1/s1. The zero-order chi connectivity index (χ0) is 60.8. The number of rotatable bonds is 18. The van der Waals surface area contributed by atoms with E-state index >= 15 is 0 Å². The van der Waals surface area contributed by atoms with Gasteiger partial charge in [0.1, 0.15) is 146 Å². The molecule has 0 bridgehead atoms. The highest BCUT2D eigenvalue weighted by atomic mass is 16.8. The summed E-state index contributed by atoms with van der Waals surface area (Å²) >= 11 is 0. The normalized spacial score (nSPS) is 54.8. The number of ether oxygens (including phenoxy) is 15. The summed E-state index contributed by atoms with van der Waals surface area (Å²) in [6, 6.07) is 0. The minimum atomic E-state index is -2.25. The lowest BCUT2D eigenvalue weighted by Gasteiger charge is -2.51. The molecule has 20 N–H and O–H groups in total. The smallest absolute Gasteiger partial charge is 0.187 e. The van der Waals surface area contributed by atoms with E-state index in [0.717, 1.165) is 0 Å². The third-order valence-corrected chi connectivity index (χ3v) is 16.3. The van der Waals surface area contributed by atoms with Gasteiger partial charge in [0.05, 0.1) is 63.1 Å². The second-order valence-corrected chi connectivity index (χ2v) is 22.1. The molecule has 8 aliphatic rings. The average Bonchev–Trinajstić information content (AvgIpc) is 2.77. The summed E-state index contributed by atoms with van der Waals surface area (Å²) in [5, 5.41) is 217. The van der Waals surface area contributed by atoms with Crippen molar-refractivity contribution in [3.63, 3.8) is 0 Å². The summed E-state index contributed by atoms with van der Waals surface area (Å²) in [6.07, 6.45) is -67.0. The number of hydrogen-bond acceptors (Lipinski definition) is 35. The van der Waals surface area contributed by atoms with Crippen LogP contribution >= 0.6 is 0 Å². The molecule has 35 heteroatoms. The Kier molecular flexibility index (Phi) is 23.3. The van der Waals surface area contributed by atoms with Gasteiger partial charge < -0.3 is 173 Å². The van der Waals surface area contributed by atoms with Crippen LogP contribution in [0.3, 0.4) is 0 Å². The number of hydrogen-bond donors (Lipinski definition) is 20. The fourth-order valence-corrected chi connectivity index (χ4v) is 11.1. The van der Waals surface area contributed by atoms with Crippen LogP contribution in [0.4, 0.5) is 0 Å². The molecule has 8 heterocycles. The van der Waals surface area contributed by atoms with Crippen molar-refractivity contribution in [3.8, 4) is 0 Å². The molecule has 1 unspecified atom stereocenters. The Balaban J connectivity index is 1.01. The van der Waals surface area contributed by atoms with E-state index in [4.69, 9.17) is 71.1 Å². The second-order valence-electron chi connectivity index (χ2n) is 22.1. The zero-order valence-electron chi connectivity index (χ0n) is 45.2. The van der Waals surface area contributed by atoms with Crippen molar-refractivity contribution in [2.45, 2.75) is 274 Å². The maximum atomic E-state index is 11.8. The van der Waals surface area contributed by atoms with Crippen molar-refractivity contribution in [1.29, 1.82) is 0 Å². The largest absolute Gasteiger partial charge is 0.394 e. The molecule has 8 saturated heterocycles. The third-order valence-electron chi connectivity index (χ3n) is 16.3. The highest BCUT2D eigenvalue weighted by Crippen LogP contribution is 2.40. The van der Waals surface area contributed by atoms with E-state index in [1.54, 1.807) is 0 Å². The van der Waals surface area contributed by atoms with Gasteiger partial charge in [0.2, 0.25) is 0 Å². The summed E-state index contributed by atoms with van der Waals surface area (Å²) < 4.78 is 88.2. The Bertz CT molecular complexity index is 1990. The molecule has 0 aromatic rings. The summed E-state index contributed by atoms with van der Waals surface area (Å²) in [5.41, 5.74) is 0. The van der Waals surface area contributed by atoms with Gasteiger partial charge in [-0.3, -0.25) is 0 Å². The lowest BCUT2D eigenvalue weighted by Crippen LogP contribution is -2.69. The van der Waals surface area contributed by atoms with E-state index in [1.807, 2.05) is 0 Å². The van der Waals surface area contributed by atoms with E-state index in [0.29, 0.717) is 0 Å². The predicted octanol–water partition coefficient (Wildman–Crippen LogP) is -12.3. The van der Waals surface area contributed by atoms with Crippen LogP contribution in [0, 0.1) is 0 Å². The number of aliphatic hydroxyl groups excluding tert-OH is 20. The zero-order valence-corrected chi connectivity index (χ0v) is 45.2. The number of aliphatic hydroxyl groups is 20.